The topological polar surface area (TPSA) is 34.1 Å². The molecule has 0 aliphatic carbocycles. The standard InChI is InChI=1S/C15H17ClN2O/c1-3-19-14-7-5-4-6-13(14)11(2)18-12-8-9-15(16)17-10-12/h4-11,18H,3H2,1-2H3. The van der Waals surface area contributed by atoms with E-state index in [-0.39, 0.29) is 6.04 Å². The lowest BCUT2D eigenvalue weighted by molar-refractivity contribution is 0.335. The smallest absolute Gasteiger partial charge is 0.129 e. The molecular formula is C15H17ClN2O. The number of nitrogens with zero attached hydrogens (tertiary/aromatic N) is 1. The second-order valence-electron chi connectivity index (χ2n) is 4.21. The highest BCUT2D eigenvalue weighted by Crippen LogP contribution is 2.27. The molecule has 0 fully saturated rings. The van der Waals surface area contributed by atoms with E-state index >= 15 is 0 Å². The van der Waals surface area contributed by atoms with Gasteiger partial charge in [-0.15, -0.1) is 0 Å². The summed E-state index contributed by atoms with van der Waals surface area (Å²) < 4.78 is 5.64. The summed E-state index contributed by atoms with van der Waals surface area (Å²) in [6.07, 6.45) is 1.72. The van der Waals surface area contributed by atoms with Crippen LogP contribution in [0.5, 0.6) is 5.75 Å². The minimum absolute atomic E-state index is 0.130. The van der Waals surface area contributed by atoms with Gasteiger partial charge in [-0.25, -0.2) is 4.98 Å². The van der Waals surface area contributed by atoms with Gasteiger partial charge in [-0.3, -0.25) is 0 Å². The summed E-state index contributed by atoms with van der Waals surface area (Å²) in [6.45, 7) is 4.73. The van der Waals surface area contributed by atoms with Gasteiger partial charge in [0, 0.05) is 5.56 Å². The summed E-state index contributed by atoms with van der Waals surface area (Å²) in [6, 6.07) is 11.8. The van der Waals surface area contributed by atoms with E-state index in [1.165, 1.54) is 0 Å². The molecule has 0 aliphatic heterocycles. The highest BCUT2D eigenvalue weighted by atomic mass is 35.5. The molecule has 0 bridgehead atoms. The van der Waals surface area contributed by atoms with Crippen LogP contribution in [-0.2, 0) is 0 Å². The van der Waals surface area contributed by atoms with E-state index in [1.807, 2.05) is 31.2 Å². The van der Waals surface area contributed by atoms with Crippen molar-refractivity contribution < 1.29 is 4.74 Å². The Kier molecular flexibility index (Phi) is 4.63. The third kappa shape index (κ3) is 3.61. The van der Waals surface area contributed by atoms with Crippen LogP contribution in [0.2, 0.25) is 5.15 Å². The van der Waals surface area contributed by atoms with Crippen molar-refractivity contribution in [2.24, 2.45) is 0 Å². The van der Waals surface area contributed by atoms with Crippen LogP contribution in [0, 0.1) is 0 Å². The first kappa shape index (κ1) is 13.7. The molecule has 0 aliphatic rings. The van der Waals surface area contributed by atoms with Gasteiger partial charge in [-0.05, 0) is 32.0 Å². The van der Waals surface area contributed by atoms with Gasteiger partial charge in [0.2, 0.25) is 0 Å². The van der Waals surface area contributed by atoms with Crippen molar-refractivity contribution in [2.75, 3.05) is 11.9 Å². The second kappa shape index (κ2) is 6.43. The molecule has 4 heteroatoms. The van der Waals surface area contributed by atoms with E-state index in [4.69, 9.17) is 16.3 Å². The molecule has 2 rings (SSSR count). The number of para-hydroxylation sites is 1. The first-order valence-corrected chi connectivity index (χ1v) is 6.68. The molecule has 1 heterocycles. The van der Waals surface area contributed by atoms with Gasteiger partial charge in [0.25, 0.3) is 0 Å². The number of nitrogens with one attached hydrogen (secondary N) is 1. The van der Waals surface area contributed by atoms with Crippen LogP contribution in [0.1, 0.15) is 25.5 Å². The molecule has 0 saturated carbocycles. The predicted octanol–water partition coefficient (Wildman–Crippen LogP) is 4.31. The Morgan fingerprint density at radius 2 is 2.05 bits per heavy atom. The van der Waals surface area contributed by atoms with Crippen LogP contribution >= 0.6 is 11.6 Å². The summed E-state index contributed by atoms with van der Waals surface area (Å²) in [5.41, 5.74) is 2.06. The van der Waals surface area contributed by atoms with Crippen LogP contribution in [0.15, 0.2) is 42.6 Å². The molecule has 1 atom stereocenters. The van der Waals surface area contributed by atoms with E-state index in [0.717, 1.165) is 17.0 Å². The molecule has 0 amide bonds. The maximum absolute atomic E-state index is 5.77. The number of benzene rings is 1. The fourth-order valence-corrected chi connectivity index (χ4v) is 2.03. The average molecular weight is 277 g/mol. The van der Waals surface area contributed by atoms with Crippen LogP contribution in [0.25, 0.3) is 0 Å². The third-order valence-corrected chi connectivity index (χ3v) is 3.02. The van der Waals surface area contributed by atoms with Crippen LogP contribution < -0.4 is 10.1 Å². The summed E-state index contributed by atoms with van der Waals surface area (Å²) in [7, 11) is 0. The summed E-state index contributed by atoms with van der Waals surface area (Å²) in [5, 5.41) is 3.88. The van der Waals surface area contributed by atoms with E-state index in [2.05, 4.69) is 23.3 Å². The number of rotatable bonds is 5. The largest absolute Gasteiger partial charge is 0.494 e. The maximum atomic E-state index is 5.77. The Balaban J connectivity index is 2.15. The minimum atomic E-state index is 0.130. The maximum Gasteiger partial charge on any atom is 0.129 e. The number of anilines is 1. The zero-order chi connectivity index (χ0) is 13.7. The Morgan fingerprint density at radius 1 is 1.26 bits per heavy atom. The van der Waals surface area contributed by atoms with Crippen LogP contribution in [-0.4, -0.2) is 11.6 Å². The molecule has 2 aromatic rings. The first-order valence-electron chi connectivity index (χ1n) is 6.30. The first-order chi connectivity index (χ1) is 9.20. The quantitative estimate of drug-likeness (QED) is 0.827. The SMILES string of the molecule is CCOc1ccccc1C(C)Nc1ccc(Cl)nc1. The number of hydrogen-bond donors (Lipinski definition) is 1. The molecule has 19 heavy (non-hydrogen) atoms. The Labute approximate surface area is 118 Å². The van der Waals surface area contributed by atoms with Crippen LogP contribution in [0.3, 0.4) is 0 Å². The minimum Gasteiger partial charge on any atom is -0.494 e. The highest BCUT2D eigenvalue weighted by molar-refractivity contribution is 6.29. The van der Waals surface area contributed by atoms with Crippen molar-refractivity contribution in [1.29, 1.82) is 0 Å². The van der Waals surface area contributed by atoms with Gasteiger partial charge in [0.05, 0.1) is 24.5 Å². The lowest BCUT2D eigenvalue weighted by atomic mass is 10.1. The number of aromatic nitrogens is 1. The van der Waals surface area contributed by atoms with Crippen LogP contribution in [0.4, 0.5) is 5.69 Å². The molecular weight excluding hydrogens is 260 g/mol. The summed E-state index contributed by atoms with van der Waals surface area (Å²) >= 11 is 5.77. The van der Waals surface area contributed by atoms with Crippen molar-refractivity contribution in [3.8, 4) is 5.75 Å². The summed E-state index contributed by atoms with van der Waals surface area (Å²) in [5.74, 6) is 0.909. The van der Waals surface area contributed by atoms with Gasteiger partial charge < -0.3 is 10.1 Å². The molecule has 1 unspecified atom stereocenters. The molecule has 1 N–H and O–H groups in total. The van der Waals surface area contributed by atoms with E-state index < -0.39 is 0 Å². The van der Waals surface area contributed by atoms with Gasteiger partial charge in [-0.2, -0.15) is 0 Å². The molecule has 0 saturated heterocycles. The van der Waals surface area contributed by atoms with Gasteiger partial charge in [0.15, 0.2) is 0 Å². The normalized spacial score (nSPS) is 11.9. The molecule has 100 valence electrons. The van der Waals surface area contributed by atoms with Crippen molar-refractivity contribution in [2.45, 2.75) is 19.9 Å². The molecule has 1 aromatic carbocycles. The number of hydrogen-bond acceptors (Lipinski definition) is 3. The Morgan fingerprint density at radius 3 is 2.74 bits per heavy atom. The lowest BCUT2D eigenvalue weighted by Gasteiger charge is -2.18. The molecule has 3 nitrogen and oxygen atoms in total. The average Bonchev–Trinajstić information content (AvgIpc) is 2.42. The van der Waals surface area contributed by atoms with Gasteiger partial charge in [0.1, 0.15) is 10.9 Å². The zero-order valence-corrected chi connectivity index (χ0v) is 11.8. The van der Waals surface area contributed by atoms with Crippen molar-refractivity contribution in [1.82, 2.24) is 4.98 Å². The number of pyridine rings is 1. The van der Waals surface area contributed by atoms with Gasteiger partial charge in [-0.1, -0.05) is 29.8 Å². The summed E-state index contributed by atoms with van der Waals surface area (Å²) in [4.78, 5) is 4.06. The Hall–Kier alpha value is -1.74. The number of ether oxygens (including phenoxy) is 1. The Bertz CT molecular complexity index is 528. The molecule has 0 spiro atoms. The zero-order valence-electron chi connectivity index (χ0n) is 11.1. The second-order valence-corrected chi connectivity index (χ2v) is 4.59. The highest BCUT2D eigenvalue weighted by Gasteiger charge is 2.11. The molecule has 0 radical (unpaired) electrons. The van der Waals surface area contributed by atoms with E-state index in [9.17, 15) is 0 Å². The van der Waals surface area contributed by atoms with Crippen molar-refractivity contribution in [3.63, 3.8) is 0 Å². The lowest BCUT2D eigenvalue weighted by Crippen LogP contribution is -2.09. The fraction of sp³-hybridized carbons (Fsp3) is 0.267. The van der Waals surface area contributed by atoms with Crippen molar-refractivity contribution >= 4 is 17.3 Å². The monoisotopic (exact) mass is 276 g/mol. The van der Waals surface area contributed by atoms with E-state index in [0.29, 0.717) is 11.8 Å². The van der Waals surface area contributed by atoms with Crippen molar-refractivity contribution in [3.05, 3.63) is 53.3 Å². The fourth-order valence-electron chi connectivity index (χ4n) is 1.91. The molecule has 1 aromatic heterocycles. The predicted molar refractivity (Wildman–Crippen MR) is 78.9 cm³/mol. The van der Waals surface area contributed by atoms with Gasteiger partial charge >= 0.3 is 0 Å². The third-order valence-electron chi connectivity index (χ3n) is 2.80. The number of halogens is 1. The van der Waals surface area contributed by atoms with E-state index in [1.54, 1.807) is 12.3 Å².